The van der Waals surface area contributed by atoms with Crippen LogP contribution in [0.2, 0.25) is 0 Å². The van der Waals surface area contributed by atoms with Gasteiger partial charge in [-0.15, -0.1) is 0 Å². The lowest BCUT2D eigenvalue weighted by Gasteiger charge is -2.27. The molecule has 94 valence electrons. The lowest BCUT2D eigenvalue weighted by Crippen LogP contribution is -2.48. The summed E-state index contributed by atoms with van der Waals surface area (Å²) in [6.07, 6.45) is 0.672. The van der Waals surface area contributed by atoms with Crippen molar-refractivity contribution in [2.24, 2.45) is 0 Å². The van der Waals surface area contributed by atoms with Gasteiger partial charge in [0.05, 0.1) is 19.3 Å². The van der Waals surface area contributed by atoms with E-state index in [9.17, 15) is 9.90 Å². The van der Waals surface area contributed by atoms with E-state index in [-0.39, 0.29) is 12.5 Å². The number of carbonyl (C=O) groups excluding carboxylic acids is 1. The van der Waals surface area contributed by atoms with Crippen LogP contribution in [-0.4, -0.2) is 30.3 Å². The average Bonchev–Trinajstić information content (AvgIpc) is 2.38. The number of benzene rings is 1. The molecule has 0 aliphatic carbocycles. The van der Waals surface area contributed by atoms with Crippen molar-refractivity contribution in [3.8, 4) is 5.75 Å². The molecule has 0 saturated heterocycles. The summed E-state index contributed by atoms with van der Waals surface area (Å²) in [5.74, 6) is 0.521. The predicted octanol–water partition coefficient (Wildman–Crippen LogP) is 1.59. The molecular weight excluding hydrogens is 218 g/mol. The summed E-state index contributed by atoms with van der Waals surface area (Å²) < 4.78 is 5.02. The standard InChI is InChI=1S/C13H19NO3/c1-4-13(2,9-15)14-12(16)10-5-7-11(17-3)8-6-10/h5-8,15H,4,9H2,1-3H3,(H,14,16). The third-order valence-electron chi connectivity index (χ3n) is 2.90. The minimum absolute atomic E-state index is 0.0780. The van der Waals surface area contributed by atoms with Crippen LogP contribution in [-0.2, 0) is 0 Å². The fraction of sp³-hybridized carbons (Fsp3) is 0.462. The predicted molar refractivity (Wildman–Crippen MR) is 66.2 cm³/mol. The second-order valence-corrected chi connectivity index (χ2v) is 4.25. The maximum Gasteiger partial charge on any atom is 0.251 e. The molecule has 4 heteroatoms. The zero-order valence-corrected chi connectivity index (χ0v) is 10.5. The van der Waals surface area contributed by atoms with Gasteiger partial charge in [0.25, 0.3) is 5.91 Å². The molecule has 1 aromatic rings. The van der Waals surface area contributed by atoms with E-state index in [1.54, 1.807) is 31.4 Å². The van der Waals surface area contributed by atoms with Gasteiger partial charge in [-0.05, 0) is 37.6 Å². The van der Waals surface area contributed by atoms with Crippen LogP contribution >= 0.6 is 0 Å². The molecule has 0 radical (unpaired) electrons. The second kappa shape index (κ2) is 5.68. The molecule has 0 heterocycles. The molecule has 0 aliphatic heterocycles. The van der Waals surface area contributed by atoms with E-state index in [1.807, 2.05) is 13.8 Å². The van der Waals surface area contributed by atoms with Gasteiger partial charge in [0, 0.05) is 5.56 Å². The highest BCUT2D eigenvalue weighted by molar-refractivity contribution is 5.94. The molecule has 1 atom stereocenters. The summed E-state index contributed by atoms with van der Waals surface area (Å²) in [5.41, 5.74) is -0.0178. The molecule has 0 spiro atoms. The van der Waals surface area contributed by atoms with E-state index in [0.29, 0.717) is 17.7 Å². The van der Waals surface area contributed by atoms with Crippen LogP contribution in [0.3, 0.4) is 0 Å². The van der Waals surface area contributed by atoms with Gasteiger partial charge in [0.1, 0.15) is 5.75 Å². The van der Waals surface area contributed by atoms with Crippen molar-refractivity contribution in [3.05, 3.63) is 29.8 Å². The lowest BCUT2D eigenvalue weighted by molar-refractivity contribution is 0.0847. The van der Waals surface area contributed by atoms with E-state index in [2.05, 4.69) is 5.32 Å². The third kappa shape index (κ3) is 3.46. The lowest BCUT2D eigenvalue weighted by atomic mass is 9.99. The Bertz CT molecular complexity index is 369. The number of ether oxygens (including phenoxy) is 1. The second-order valence-electron chi connectivity index (χ2n) is 4.25. The first-order chi connectivity index (χ1) is 8.04. The number of aliphatic hydroxyl groups is 1. The Balaban J connectivity index is 2.75. The maximum absolute atomic E-state index is 11.9. The Hall–Kier alpha value is -1.55. The smallest absolute Gasteiger partial charge is 0.251 e. The fourth-order valence-corrected chi connectivity index (χ4v) is 1.33. The van der Waals surface area contributed by atoms with E-state index >= 15 is 0 Å². The largest absolute Gasteiger partial charge is 0.497 e. The molecule has 2 N–H and O–H groups in total. The first-order valence-corrected chi connectivity index (χ1v) is 5.62. The molecule has 1 unspecified atom stereocenters. The van der Waals surface area contributed by atoms with Crippen LogP contribution in [0.4, 0.5) is 0 Å². The van der Waals surface area contributed by atoms with Crippen molar-refractivity contribution in [1.82, 2.24) is 5.32 Å². The van der Waals surface area contributed by atoms with Crippen LogP contribution in [0.25, 0.3) is 0 Å². The van der Waals surface area contributed by atoms with E-state index in [4.69, 9.17) is 4.74 Å². The van der Waals surface area contributed by atoms with Gasteiger partial charge in [-0.3, -0.25) is 4.79 Å². The van der Waals surface area contributed by atoms with Crippen LogP contribution < -0.4 is 10.1 Å². The molecule has 0 aliphatic rings. The summed E-state index contributed by atoms with van der Waals surface area (Å²) in [5, 5.41) is 12.0. The highest BCUT2D eigenvalue weighted by Crippen LogP contribution is 2.13. The maximum atomic E-state index is 11.9. The summed E-state index contributed by atoms with van der Waals surface area (Å²) in [7, 11) is 1.58. The molecule has 1 aromatic carbocycles. The highest BCUT2D eigenvalue weighted by Gasteiger charge is 2.23. The minimum Gasteiger partial charge on any atom is -0.497 e. The molecule has 0 aromatic heterocycles. The Kier molecular flexibility index (Phi) is 4.52. The van der Waals surface area contributed by atoms with E-state index < -0.39 is 5.54 Å². The van der Waals surface area contributed by atoms with Crippen molar-refractivity contribution >= 4 is 5.91 Å². The minimum atomic E-state index is -0.572. The quantitative estimate of drug-likeness (QED) is 0.817. The number of carbonyl (C=O) groups is 1. The number of hydrogen-bond acceptors (Lipinski definition) is 3. The number of rotatable bonds is 5. The summed E-state index contributed by atoms with van der Waals surface area (Å²) in [4.78, 5) is 11.9. The summed E-state index contributed by atoms with van der Waals surface area (Å²) >= 11 is 0. The highest BCUT2D eigenvalue weighted by atomic mass is 16.5. The Morgan fingerprint density at radius 1 is 1.41 bits per heavy atom. The normalized spacial score (nSPS) is 13.9. The molecule has 0 bridgehead atoms. The molecule has 1 amide bonds. The molecular formula is C13H19NO3. The van der Waals surface area contributed by atoms with Crippen molar-refractivity contribution in [2.75, 3.05) is 13.7 Å². The summed E-state index contributed by atoms with van der Waals surface area (Å²) in [6, 6.07) is 6.86. The number of nitrogens with one attached hydrogen (secondary N) is 1. The van der Waals surface area contributed by atoms with Gasteiger partial charge >= 0.3 is 0 Å². The zero-order valence-electron chi connectivity index (χ0n) is 10.5. The van der Waals surface area contributed by atoms with Gasteiger partial charge in [-0.2, -0.15) is 0 Å². The van der Waals surface area contributed by atoms with Crippen LogP contribution in [0.1, 0.15) is 30.6 Å². The topological polar surface area (TPSA) is 58.6 Å². The molecule has 0 fully saturated rings. The summed E-state index contributed by atoms with van der Waals surface area (Å²) in [6.45, 7) is 3.66. The molecule has 0 saturated carbocycles. The van der Waals surface area contributed by atoms with Crippen molar-refractivity contribution in [3.63, 3.8) is 0 Å². The van der Waals surface area contributed by atoms with Crippen LogP contribution in [0.5, 0.6) is 5.75 Å². The molecule has 17 heavy (non-hydrogen) atoms. The monoisotopic (exact) mass is 237 g/mol. The SMILES string of the molecule is CCC(C)(CO)NC(=O)c1ccc(OC)cc1. The molecule has 1 rings (SSSR count). The van der Waals surface area contributed by atoms with Crippen molar-refractivity contribution < 1.29 is 14.6 Å². The average molecular weight is 237 g/mol. The number of aliphatic hydroxyl groups excluding tert-OH is 1. The van der Waals surface area contributed by atoms with Gasteiger partial charge in [-0.25, -0.2) is 0 Å². The number of hydrogen-bond donors (Lipinski definition) is 2. The third-order valence-corrected chi connectivity index (χ3v) is 2.90. The Labute approximate surface area is 102 Å². The number of amides is 1. The van der Waals surface area contributed by atoms with Crippen LogP contribution in [0.15, 0.2) is 24.3 Å². The van der Waals surface area contributed by atoms with Crippen molar-refractivity contribution in [2.45, 2.75) is 25.8 Å². The van der Waals surface area contributed by atoms with Gasteiger partial charge in [0.15, 0.2) is 0 Å². The first kappa shape index (κ1) is 13.5. The zero-order chi connectivity index (χ0) is 12.9. The van der Waals surface area contributed by atoms with Crippen LogP contribution in [0, 0.1) is 0 Å². The van der Waals surface area contributed by atoms with Gasteiger partial charge in [-0.1, -0.05) is 6.92 Å². The van der Waals surface area contributed by atoms with Gasteiger partial charge < -0.3 is 15.2 Å². The van der Waals surface area contributed by atoms with Crippen molar-refractivity contribution in [1.29, 1.82) is 0 Å². The first-order valence-electron chi connectivity index (χ1n) is 5.62. The van der Waals surface area contributed by atoms with Gasteiger partial charge in [0.2, 0.25) is 0 Å². The van der Waals surface area contributed by atoms with E-state index in [1.165, 1.54) is 0 Å². The Morgan fingerprint density at radius 3 is 2.41 bits per heavy atom. The Morgan fingerprint density at radius 2 is 2.00 bits per heavy atom. The number of methoxy groups -OCH3 is 1. The molecule has 4 nitrogen and oxygen atoms in total. The fourth-order valence-electron chi connectivity index (χ4n) is 1.33. The van der Waals surface area contributed by atoms with E-state index in [0.717, 1.165) is 0 Å².